The van der Waals surface area contributed by atoms with E-state index in [1.807, 2.05) is 30.6 Å². The number of hydrogen-bond acceptors (Lipinski definition) is 5. The summed E-state index contributed by atoms with van der Waals surface area (Å²) < 4.78 is 5.19. The van der Waals surface area contributed by atoms with Crippen molar-refractivity contribution in [3.05, 3.63) is 71.9 Å². The summed E-state index contributed by atoms with van der Waals surface area (Å²) in [5.74, 6) is 1.84. The van der Waals surface area contributed by atoms with Crippen LogP contribution in [-0.4, -0.2) is 23.6 Å². The van der Waals surface area contributed by atoms with Gasteiger partial charge in [0, 0.05) is 35.3 Å². The molecule has 4 rings (SSSR count). The maximum Gasteiger partial charge on any atom is 0.137 e. The smallest absolute Gasteiger partial charge is 0.137 e. The molecule has 1 N–H and O–H groups in total. The molecule has 136 valence electrons. The lowest BCUT2D eigenvalue weighted by Crippen LogP contribution is -2.03. The molecular formula is C22H21N3OS. The van der Waals surface area contributed by atoms with Crippen molar-refractivity contribution in [3.63, 3.8) is 0 Å². The number of methoxy groups -OCH3 is 1. The summed E-state index contributed by atoms with van der Waals surface area (Å²) in [4.78, 5) is 8.89. The van der Waals surface area contributed by atoms with Gasteiger partial charge in [0.25, 0.3) is 0 Å². The molecule has 0 aliphatic heterocycles. The number of fused-ring (bicyclic) bond motifs is 1. The number of thiazole rings is 1. The molecule has 0 aliphatic carbocycles. The maximum atomic E-state index is 5.19. The van der Waals surface area contributed by atoms with Crippen LogP contribution in [0.1, 0.15) is 12.0 Å². The van der Waals surface area contributed by atoms with Gasteiger partial charge in [-0.25, -0.2) is 4.98 Å². The van der Waals surface area contributed by atoms with E-state index in [-0.39, 0.29) is 0 Å². The second-order valence-corrected chi connectivity index (χ2v) is 7.21. The largest absolute Gasteiger partial charge is 0.497 e. The molecule has 0 bridgehead atoms. The average Bonchev–Trinajstić information content (AvgIpc) is 3.20. The summed E-state index contributed by atoms with van der Waals surface area (Å²) in [6.07, 6.45) is 5.80. The van der Waals surface area contributed by atoms with E-state index in [1.165, 1.54) is 10.9 Å². The predicted octanol–water partition coefficient (Wildman–Crippen LogP) is 5.41. The van der Waals surface area contributed by atoms with Crippen LogP contribution in [0.2, 0.25) is 0 Å². The van der Waals surface area contributed by atoms with Crippen molar-refractivity contribution in [1.29, 1.82) is 0 Å². The van der Waals surface area contributed by atoms with Crippen LogP contribution >= 0.6 is 11.3 Å². The number of hydrogen-bond donors (Lipinski definition) is 1. The highest BCUT2D eigenvalue weighted by Crippen LogP contribution is 2.28. The number of aryl methyl sites for hydroxylation is 1. The summed E-state index contributed by atoms with van der Waals surface area (Å²) in [5.41, 5.74) is 2.47. The summed E-state index contributed by atoms with van der Waals surface area (Å²) in [6, 6.07) is 16.7. The van der Waals surface area contributed by atoms with Crippen LogP contribution in [0.3, 0.4) is 0 Å². The first-order valence-electron chi connectivity index (χ1n) is 8.98. The summed E-state index contributed by atoms with van der Waals surface area (Å²) in [6.45, 7) is 0.901. The van der Waals surface area contributed by atoms with Crippen LogP contribution in [0, 0.1) is 0 Å². The van der Waals surface area contributed by atoms with Crippen LogP contribution in [0.25, 0.3) is 21.3 Å². The number of nitrogens with zero attached hydrogens (tertiary/aromatic N) is 2. The summed E-state index contributed by atoms with van der Waals surface area (Å²) in [5, 5.41) is 8.88. The summed E-state index contributed by atoms with van der Waals surface area (Å²) in [7, 11) is 1.69. The second-order valence-electron chi connectivity index (χ2n) is 6.35. The fourth-order valence-corrected chi connectivity index (χ4v) is 3.78. The monoisotopic (exact) mass is 375 g/mol. The number of rotatable bonds is 7. The Morgan fingerprint density at radius 3 is 2.78 bits per heavy atom. The van der Waals surface area contributed by atoms with Crippen LogP contribution in [0.5, 0.6) is 5.75 Å². The van der Waals surface area contributed by atoms with Crippen molar-refractivity contribution in [1.82, 2.24) is 9.97 Å². The van der Waals surface area contributed by atoms with Crippen LogP contribution in [0.15, 0.2) is 66.3 Å². The standard InChI is InChI=1S/C22H21N3OS/c1-26-20-8-4-16(5-9-20)3-2-11-24-21-15-27-22(25-21)18-6-7-19-14-23-12-10-17(19)13-18/h4-10,12-15,24H,2-3,11H2,1H3. The van der Waals surface area contributed by atoms with Gasteiger partial charge in [-0.3, -0.25) is 4.98 Å². The van der Waals surface area contributed by atoms with Crippen molar-refractivity contribution in [2.24, 2.45) is 0 Å². The van der Waals surface area contributed by atoms with E-state index in [0.717, 1.165) is 46.9 Å². The normalized spacial score (nSPS) is 10.9. The molecular weight excluding hydrogens is 354 g/mol. The van der Waals surface area contributed by atoms with E-state index < -0.39 is 0 Å². The van der Waals surface area contributed by atoms with Gasteiger partial charge in [-0.2, -0.15) is 0 Å². The molecule has 0 saturated heterocycles. The number of aromatic nitrogens is 2. The number of anilines is 1. The Morgan fingerprint density at radius 1 is 1.04 bits per heavy atom. The minimum atomic E-state index is 0.900. The number of nitrogens with one attached hydrogen (secondary N) is 1. The van der Waals surface area contributed by atoms with Crippen LogP contribution in [-0.2, 0) is 6.42 Å². The molecule has 2 aromatic carbocycles. The van der Waals surface area contributed by atoms with Crippen molar-refractivity contribution in [3.8, 4) is 16.3 Å². The number of benzene rings is 2. The maximum absolute atomic E-state index is 5.19. The lowest BCUT2D eigenvalue weighted by atomic mass is 10.1. The molecule has 0 amide bonds. The molecule has 0 atom stereocenters. The van der Waals surface area contributed by atoms with E-state index in [1.54, 1.807) is 18.4 Å². The molecule has 4 aromatic rings. The van der Waals surface area contributed by atoms with Gasteiger partial charge in [0.2, 0.25) is 0 Å². The van der Waals surface area contributed by atoms with Crippen molar-refractivity contribution in [2.75, 3.05) is 19.0 Å². The Bertz CT molecular complexity index is 1030. The van der Waals surface area contributed by atoms with Crippen LogP contribution in [0.4, 0.5) is 5.82 Å². The minimum Gasteiger partial charge on any atom is -0.497 e. The van der Waals surface area contributed by atoms with Crippen molar-refractivity contribution in [2.45, 2.75) is 12.8 Å². The second kappa shape index (κ2) is 8.18. The highest BCUT2D eigenvalue weighted by molar-refractivity contribution is 7.13. The lowest BCUT2D eigenvalue weighted by Gasteiger charge is -2.05. The Labute approximate surface area is 162 Å². The molecule has 2 heterocycles. The van der Waals surface area contributed by atoms with Gasteiger partial charge in [-0.05, 0) is 48.1 Å². The zero-order chi connectivity index (χ0) is 18.5. The van der Waals surface area contributed by atoms with E-state index in [4.69, 9.17) is 9.72 Å². The van der Waals surface area contributed by atoms with Crippen molar-refractivity contribution >= 4 is 27.9 Å². The first kappa shape index (κ1) is 17.5. The Hall–Kier alpha value is -2.92. The third-order valence-corrected chi connectivity index (χ3v) is 5.39. The Kier molecular flexibility index (Phi) is 5.30. The zero-order valence-electron chi connectivity index (χ0n) is 15.2. The fourth-order valence-electron chi connectivity index (χ4n) is 3.01. The molecule has 0 saturated carbocycles. The van der Waals surface area contributed by atoms with Gasteiger partial charge >= 0.3 is 0 Å². The van der Waals surface area contributed by atoms with Crippen molar-refractivity contribution < 1.29 is 4.74 Å². The molecule has 4 nitrogen and oxygen atoms in total. The van der Waals surface area contributed by atoms with Gasteiger partial charge in [0.15, 0.2) is 0 Å². The first-order chi connectivity index (χ1) is 13.3. The molecule has 0 fully saturated rings. The quantitative estimate of drug-likeness (QED) is 0.439. The zero-order valence-corrected chi connectivity index (χ0v) is 16.0. The molecule has 2 aromatic heterocycles. The third-order valence-electron chi connectivity index (χ3n) is 4.50. The topological polar surface area (TPSA) is 47.0 Å². The molecule has 0 aliphatic rings. The molecule has 5 heteroatoms. The highest BCUT2D eigenvalue weighted by atomic mass is 32.1. The Morgan fingerprint density at radius 2 is 1.93 bits per heavy atom. The first-order valence-corrected chi connectivity index (χ1v) is 9.86. The van der Waals surface area contributed by atoms with Gasteiger partial charge in [0.05, 0.1) is 7.11 Å². The van der Waals surface area contributed by atoms with E-state index in [0.29, 0.717) is 0 Å². The van der Waals surface area contributed by atoms with E-state index in [2.05, 4.69) is 46.0 Å². The average molecular weight is 375 g/mol. The molecule has 0 unspecified atom stereocenters. The lowest BCUT2D eigenvalue weighted by molar-refractivity contribution is 0.414. The van der Waals surface area contributed by atoms with E-state index in [9.17, 15) is 0 Å². The van der Waals surface area contributed by atoms with Gasteiger partial charge in [-0.1, -0.05) is 24.3 Å². The number of pyridine rings is 1. The molecule has 0 spiro atoms. The number of ether oxygens (including phenoxy) is 1. The SMILES string of the molecule is COc1ccc(CCCNc2csc(-c3ccc4cnccc4c3)n2)cc1. The highest BCUT2D eigenvalue weighted by Gasteiger charge is 2.06. The minimum absolute atomic E-state index is 0.900. The van der Waals surface area contributed by atoms with Gasteiger partial charge in [-0.15, -0.1) is 11.3 Å². The summed E-state index contributed by atoms with van der Waals surface area (Å²) >= 11 is 1.67. The fraction of sp³-hybridized carbons (Fsp3) is 0.182. The predicted molar refractivity (Wildman–Crippen MR) is 113 cm³/mol. The molecule has 27 heavy (non-hydrogen) atoms. The van der Waals surface area contributed by atoms with Crippen LogP contribution < -0.4 is 10.1 Å². The van der Waals surface area contributed by atoms with E-state index >= 15 is 0 Å². The Balaban J connectivity index is 1.33. The third kappa shape index (κ3) is 4.26. The van der Waals surface area contributed by atoms with Gasteiger partial charge < -0.3 is 10.1 Å². The molecule has 0 radical (unpaired) electrons. The van der Waals surface area contributed by atoms with Gasteiger partial charge in [0.1, 0.15) is 16.6 Å².